The summed E-state index contributed by atoms with van der Waals surface area (Å²) in [7, 11) is 1.60. The number of aliphatic hydroxyl groups is 1. The van der Waals surface area contributed by atoms with Crippen LogP contribution < -0.4 is 14.8 Å². The molecule has 0 aliphatic carbocycles. The van der Waals surface area contributed by atoms with Gasteiger partial charge in [-0.3, -0.25) is 0 Å². The Morgan fingerprint density at radius 2 is 2.20 bits per heavy atom. The highest BCUT2D eigenvalue weighted by atomic mass is 16.5. The third-order valence-electron chi connectivity index (χ3n) is 3.37. The standard InChI is InChI=1S/C15H23NO4/c1-11-3-5-13(20-11)10-16-12-4-6-14(18-2)15(9-12)19-8-7-17/h4,6,9,11,13,16-17H,3,5,7-8,10H2,1-2H3. The van der Waals surface area contributed by atoms with Gasteiger partial charge in [-0.25, -0.2) is 0 Å². The van der Waals surface area contributed by atoms with E-state index in [1.54, 1.807) is 7.11 Å². The molecular weight excluding hydrogens is 258 g/mol. The Labute approximate surface area is 119 Å². The normalized spacial score (nSPS) is 21.8. The highest BCUT2D eigenvalue weighted by Gasteiger charge is 2.21. The van der Waals surface area contributed by atoms with Crippen molar-refractivity contribution >= 4 is 5.69 Å². The van der Waals surface area contributed by atoms with E-state index in [4.69, 9.17) is 19.3 Å². The van der Waals surface area contributed by atoms with Crippen LogP contribution in [-0.4, -0.2) is 44.2 Å². The second-order valence-corrected chi connectivity index (χ2v) is 4.96. The highest BCUT2D eigenvalue weighted by molar-refractivity contribution is 5.54. The molecule has 0 radical (unpaired) electrons. The Morgan fingerprint density at radius 3 is 2.85 bits per heavy atom. The lowest BCUT2D eigenvalue weighted by molar-refractivity contribution is 0.0637. The third-order valence-corrected chi connectivity index (χ3v) is 3.37. The molecule has 2 atom stereocenters. The Bertz CT molecular complexity index is 424. The third kappa shape index (κ3) is 4.02. The lowest BCUT2D eigenvalue weighted by atomic mass is 10.2. The van der Waals surface area contributed by atoms with Crippen LogP contribution in [0.15, 0.2) is 18.2 Å². The van der Waals surface area contributed by atoms with Crippen LogP contribution in [0.2, 0.25) is 0 Å². The molecule has 1 aromatic carbocycles. The second-order valence-electron chi connectivity index (χ2n) is 4.96. The smallest absolute Gasteiger partial charge is 0.163 e. The van der Waals surface area contributed by atoms with Crippen molar-refractivity contribution in [1.82, 2.24) is 0 Å². The van der Waals surface area contributed by atoms with Crippen LogP contribution >= 0.6 is 0 Å². The zero-order chi connectivity index (χ0) is 14.4. The minimum Gasteiger partial charge on any atom is -0.493 e. The molecule has 0 saturated carbocycles. The van der Waals surface area contributed by atoms with E-state index in [0.717, 1.165) is 25.1 Å². The first kappa shape index (κ1) is 14.9. The number of ether oxygens (including phenoxy) is 3. The zero-order valence-electron chi connectivity index (χ0n) is 12.1. The first-order valence-corrected chi connectivity index (χ1v) is 7.04. The molecule has 1 heterocycles. The molecule has 0 spiro atoms. The topological polar surface area (TPSA) is 60.0 Å². The van der Waals surface area contributed by atoms with Gasteiger partial charge in [-0.2, -0.15) is 0 Å². The van der Waals surface area contributed by atoms with Gasteiger partial charge in [-0.1, -0.05) is 0 Å². The maximum absolute atomic E-state index is 8.83. The van der Waals surface area contributed by atoms with Gasteiger partial charge in [0.15, 0.2) is 11.5 Å². The summed E-state index contributed by atoms with van der Waals surface area (Å²) < 4.78 is 16.5. The van der Waals surface area contributed by atoms with Crippen LogP contribution in [0, 0.1) is 0 Å². The predicted octanol–water partition coefficient (Wildman–Crippen LogP) is 2.05. The van der Waals surface area contributed by atoms with Crippen LogP contribution in [0.3, 0.4) is 0 Å². The van der Waals surface area contributed by atoms with Crippen LogP contribution in [0.25, 0.3) is 0 Å². The van der Waals surface area contributed by atoms with E-state index in [9.17, 15) is 0 Å². The van der Waals surface area contributed by atoms with Crippen molar-refractivity contribution in [3.05, 3.63) is 18.2 Å². The molecular formula is C15H23NO4. The van der Waals surface area contributed by atoms with Gasteiger partial charge >= 0.3 is 0 Å². The van der Waals surface area contributed by atoms with Gasteiger partial charge in [-0.15, -0.1) is 0 Å². The van der Waals surface area contributed by atoms with Crippen molar-refractivity contribution in [3.8, 4) is 11.5 Å². The molecule has 5 heteroatoms. The number of hydrogen-bond donors (Lipinski definition) is 2. The van der Waals surface area contributed by atoms with Gasteiger partial charge in [-0.05, 0) is 31.9 Å². The van der Waals surface area contributed by atoms with Crippen molar-refractivity contribution in [2.24, 2.45) is 0 Å². The number of aliphatic hydroxyl groups excluding tert-OH is 1. The minimum atomic E-state index is -0.0192. The summed E-state index contributed by atoms with van der Waals surface area (Å²) in [4.78, 5) is 0. The van der Waals surface area contributed by atoms with E-state index in [1.165, 1.54) is 0 Å². The van der Waals surface area contributed by atoms with Crippen molar-refractivity contribution in [2.45, 2.75) is 32.0 Å². The summed E-state index contributed by atoms with van der Waals surface area (Å²) in [5, 5.41) is 12.2. The van der Waals surface area contributed by atoms with Crippen LogP contribution in [-0.2, 0) is 4.74 Å². The van der Waals surface area contributed by atoms with E-state index in [-0.39, 0.29) is 19.3 Å². The maximum atomic E-state index is 8.83. The Hall–Kier alpha value is -1.46. The van der Waals surface area contributed by atoms with Gasteiger partial charge in [0, 0.05) is 18.3 Å². The van der Waals surface area contributed by atoms with Crippen molar-refractivity contribution in [3.63, 3.8) is 0 Å². The van der Waals surface area contributed by atoms with Gasteiger partial charge < -0.3 is 24.6 Å². The van der Waals surface area contributed by atoms with Crippen molar-refractivity contribution < 1.29 is 19.3 Å². The number of nitrogens with one attached hydrogen (secondary N) is 1. The SMILES string of the molecule is COc1ccc(NCC2CCC(C)O2)cc1OCCO. The van der Waals surface area contributed by atoms with E-state index in [2.05, 4.69) is 12.2 Å². The summed E-state index contributed by atoms with van der Waals surface area (Å²) in [5.41, 5.74) is 0.960. The van der Waals surface area contributed by atoms with E-state index in [1.807, 2.05) is 18.2 Å². The zero-order valence-corrected chi connectivity index (χ0v) is 12.1. The average Bonchev–Trinajstić information content (AvgIpc) is 2.88. The molecule has 2 N–H and O–H groups in total. The highest BCUT2D eigenvalue weighted by Crippen LogP contribution is 2.30. The number of benzene rings is 1. The molecule has 1 saturated heterocycles. The number of rotatable bonds is 7. The van der Waals surface area contributed by atoms with Crippen molar-refractivity contribution in [1.29, 1.82) is 0 Å². The molecule has 20 heavy (non-hydrogen) atoms. The fourth-order valence-electron chi connectivity index (χ4n) is 2.32. The van der Waals surface area contributed by atoms with Gasteiger partial charge in [0.1, 0.15) is 6.61 Å². The molecule has 112 valence electrons. The quantitative estimate of drug-likeness (QED) is 0.801. The lowest BCUT2D eigenvalue weighted by Gasteiger charge is -2.15. The summed E-state index contributed by atoms with van der Waals surface area (Å²) >= 11 is 0. The van der Waals surface area contributed by atoms with Crippen LogP contribution in [0.5, 0.6) is 11.5 Å². The molecule has 0 amide bonds. The summed E-state index contributed by atoms with van der Waals surface area (Å²) in [6, 6.07) is 5.68. The molecule has 0 aromatic heterocycles. The van der Waals surface area contributed by atoms with E-state index < -0.39 is 0 Å². The van der Waals surface area contributed by atoms with Gasteiger partial charge in [0.25, 0.3) is 0 Å². The van der Waals surface area contributed by atoms with Gasteiger partial charge in [0.05, 0.1) is 25.9 Å². The maximum Gasteiger partial charge on any atom is 0.163 e. The van der Waals surface area contributed by atoms with Crippen LogP contribution in [0.1, 0.15) is 19.8 Å². The summed E-state index contributed by atoms with van der Waals surface area (Å²) in [6.07, 6.45) is 2.85. The van der Waals surface area contributed by atoms with Crippen molar-refractivity contribution in [2.75, 3.05) is 32.2 Å². The largest absolute Gasteiger partial charge is 0.493 e. The van der Waals surface area contributed by atoms with Gasteiger partial charge in [0.2, 0.25) is 0 Å². The molecule has 2 rings (SSSR count). The second kappa shape index (κ2) is 7.36. The first-order chi connectivity index (χ1) is 9.72. The molecule has 0 bridgehead atoms. The molecule has 1 aliphatic heterocycles. The fraction of sp³-hybridized carbons (Fsp3) is 0.600. The minimum absolute atomic E-state index is 0.0192. The van der Waals surface area contributed by atoms with E-state index in [0.29, 0.717) is 17.6 Å². The predicted molar refractivity (Wildman–Crippen MR) is 77.6 cm³/mol. The van der Waals surface area contributed by atoms with E-state index >= 15 is 0 Å². The molecule has 1 fully saturated rings. The molecule has 5 nitrogen and oxygen atoms in total. The average molecular weight is 281 g/mol. The lowest BCUT2D eigenvalue weighted by Crippen LogP contribution is -2.19. The Morgan fingerprint density at radius 1 is 1.35 bits per heavy atom. The molecule has 2 unspecified atom stereocenters. The number of anilines is 1. The Kier molecular flexibility index (Phi) is 5.49. The monoisotopic (exact) mass is 281 g/mol. The first-order valence-electron chi connectivity index (χ1n) is 7.04. The summed E-state index contributed by atoms with van der Waals surface area (Å²) in [5.74, 6) is 1.29. The number of methoxy groups -OCH3 is 1. The summed E-state index contributed by atoms with van der Waals surface area (Å²) in [6.45, 7) is 3.13. The molecule has 1 aromatic rings. The van der Waals surface area contributed by atoms with Crippen LogP contribution in [0.4, 0.5) is 5.69 Å². The Balaban J connectivity index is 1.93. The number of hydrogen-bond acceptors (Lipinski definition) is 5. The molecule has 1 aliphatic rings. The fourth-order valence-corrected chi connectivity index (χ4v) is 2.32.